The summed E-state index contributed by atoms with van der Waals surface area (Å²) in [6.07, 6.45) is -4.88. The zero-order valence-corrected chi connectivity index (χ0v) is 12.6. The first-order valence-electron chi connectivity index (χ1n) is 6.70. The minimum Gasteiger partial charge on any atom is -0.318 e. The molecule has 0 bridgehead atoms. The van der Waals surface area contributed by atoms with E-state index in [2.05, 4.69) is 33.0 Å². The van der Waals surface area contributed by atoms with E-state index in [1.54, 1.807) is 12.1 Å². The lowest BCUT2D eigenvalue weighted by molar-refractivity contribution is -0.167. The Morgan fingerprint density at radius 2 is 1.86 bits per heavy atom. The molecule has 0 aromatic heterocycles. The van der Waals surface area contributed by atoms with E-state index in [1.807, 2.05) is 5.32 Å². The molecule has 1 aromatic rings. The fraction of sp³-hybridized carbons (Fsp3) is 0.533. The van der Waals surface area contributed by atoms with E-state index >= 15 is 0 Å². The SMILES string of the molecule is CC(NCc1cccc(NC(=O)C(F)(F)F)c1)C(C)(C)C. The van der Waals surface area contributed by atoms with Crippen LogP contribution in [0.2, 0.25) is 0 Å². The van der Waals surface area contributed by atoms with E-state index < -0.39 is 12.1 Å². The molecule has 1 atom stereocenters. The Morgan fingerprint density at radius 3 is 2.38 bits per heavy atom. The second-order valence-electron chi connectivity index (χ2n) is 6.12. The lowest BCUT2D eigenvalue weighted by Crippen LogP contribution is -2.37. The normalized spacial score (nSPS) is 13.9. The van der Waals surface area contributed by atoms with Gasteiger partial charge < -0.3 is 10.6 Å². The number of alkyl halides is 3. The molecule has 3 nitrogen and oxygen atoms in total. The van der Waals surface area contributed by atoms with Crippen molar-refractivity contribution in [3.05, 3.63) is 29.8 Å². The summed E-state index contributed by atoms with van der Waals surface area (Å²) in [6.45, 7) is 8.88. The lowest BCUT2D eigenvalue weighted by atomic mass is 9.88. The first-order chi connectivity index (χ1) is 9.50. The van der Waals surface area contributed by atoms with E-state index in [9.17, 15) is 18.0 Å². The van der Waals surface area contributed by atoms with Gasteiger partial charge in [-0.3, -0.25) is 4.79 Å². The lowest BCUT2D eigenvalue weighted by Gasteiger charge is -2.28. The molecule has 0 spiro atoms. The van der Waals surface area contributed by atoms with Crippen molar-refractivity contribution in [1.29, 1.82) is 0 Å². The third-order valence-electron chi connectivity index (χ3n) is 3.35. The molecule has 6 heteroatoms. The Hall–Kier alpha value is -1.56. The Labute approximate surface area is 122 Å². The first kappa shape index (κ1) is 17.5. The van der Waals surface area contributed by atoms with Gasteiger partial charge in [0.2, 0.25) is 0 Å². The van der Waals surface area contributed by atoms with Crippen LogP contribution < -0.4 is 10.6 Å². The number of halogens is 3. The van der Waals surface area contributed by atoms with Gasteiger partial charge in [0, 0.05) is 18.3 Å². The highest BCUT2D eigenvalue weighted by Gasteiger charge is 2.38. The van der Waals surface area contributed by atoms with E-state index in [0.717, 1.165) is 5.56 Å². The van der Waals surface area contributed by atoms with E-state index in [0.29, 0.717) is 6.54 Å². The van der Waals surface area contributed by atoms with Gasteiger partial charge in [0.1, 0.15) is 0 Å². The fourth-order valence-corrected chi connectivity index (χ4v) is 1.54. The molecule has 1 rings (SSSR count). The summed E-state index contributed by atoms with van der Waals surface area (Å²) in [5, 5.41) is 5.16. The van der Waals surface area contributed by atoms with Gasteiger partial charge in [-0.2, -0.15) is 13.2 Å². The second kappa shape index (κ2) is 6.47. The van der Waals surface area contributed by atoms with Gasteiger partial charge in [-0.1, -0.05) is 32.9 Å². The standard InChI is InChI=1S/C15H21F3N2O/c1-10(14(2,3)4)19-9-11-6-5-7-12(8-11)20-13(21)15(16,17)18/h5-8,10,19H,9H2,1-4H3,(H,20,21). The molecule has 21 heavy (non-hydrogen) atoms. The molecule has 0 fully saturated rings. The maximum atomic E-state index is 12.2. The van der Waals surface area contributed by atoms with Crippen molar-refractivity contribution in [2.24, 2.45) is 5.41 Å². The molecule has 0 aliphatic heterocycles. The highest BCUT2D eigenvalue weighted by Crippen LogP contribution is 2.20. The van der Waals surface area contributed by atoms with Gasteiger partial charge in [0.15, 0.2) is 0 Å². The molecule has 0 saturated heterocycles. The molecular weight excluding hydrogens is 281 g/mol. The van der Waals surface area contributed by atoms with Crippen molar-refractivity contribution in [2.45, 2.75) is 46.5 Å². The highest BCUT2D eigenvalue weighted by atomic mass is 19.4. The van der Waals surface area contributed by atoms with Gasteiger partial charge in [0.05, 0.1) is 0 Å². The topological polar surface area (TPSA) is 41.1 Å². The van der Waals surface area contributed by atoms with Crippen LogP contribution in [0.3, 0.4) is 0 Å². The Bertz CT molecular complexity index is 492. The minimum atomic E-state index is -4.88. The van der Waals surface area contributed by atoms with Crippen LogP contribution in [-0.2, 0) is 11.3 Å². The monoisotopic (exact) mass is 302 g/mol. The quantitative estimate of drug-likeness (QED) is 0.890. The number of anilines is 1. The molecular formula is C15H21F3N2O. The summed E-state index contributed by atoms with van der Waals surface area (Å²) in [6, 6.07) is 6.62. The van der Waals surface area contributed by atoms with Crippen LogP contribution >= 0.6 is 0 Å². The molecule has 0 radical (unpaired) electrons. The smallest absolute Gasteiger partial charge is 0.318 e. The summed E-state index contributed by atoms with van der Waals surface area (Å²) in [5.41, 5.74) is 1.04. The van der Waals surface area contributed by atoms with Crippen LogP contribution in [-0.4, -0.2) is 18.1 Å². The Balaban J connectivity index is 2.67. The number of nitrogens with one attached hydrogen (secondary N) is 2. The summed E-state index contributed by atoms with van der Waals surface area (Å²) in [5.74, 6) is -1.96. The number of carbonyl (C=O) groups excluding carboxylic acids is 1. The zero-order valence-electron chi connectivity index (χ0n) is 12.6. The summed E-state index contributed by atoms with van der Waals surface area (Å²) in [4.78, 5) is 10.9. The summed E-state index contributed by atoms with van der Waals surface area (Å²) < 4.78 is 36.6. The molecule has 1 unspecified atom stereocenters. The average molecular weight is 302 g/mol. The number of rotatable bonds is 4. The Morgan fingerprint density at radius 1 is 1.24 bits per heavy atom. The van der Waals surface area contributed by atoms with Gasteiger partial charge in [-0.05, 0) is 30.0 Å². The van der Waals surface area contributed by atoms with Crippen molar-refractivity contribution < 1.29 is 18.0 Å². The van der Waals surface area contributed by atoms with Crippen LogP contribution in [0.25, 0.3) is 0 Å². The van der Waals surface area contributed by atoms with Crippen molar-refractivity contribution in [2.75, 3.05) is 5.32 Å². The molecule has 0 aliphatic rings. The maximum Gasteiger partial charge on any atom is 0.471 e. The predicted octanol–water partition coefficient (Wildman–Crippen LogP) is 3.71. The van der Waals surface area contributed by atoms with Crippen LogP contribution in [0.4, 0.5) is 18.9 Å². The predicted molar refractivity (Wildman–Crippen MR) is 76.9 cm³/mol. The van der Waals surface area contributed by atoms with Gasteiger partial charge in [0.25, 0.3) is 0 Å². The molecule has 2 N–H and O–H groups in total. The molecule has 0 aliphatic carbocycles. The second-order valence-corrected chi connectivity index (χ2v) is 6.12. The number of hydrogen-bond donors (Lipinski definition) is 2. The highest BCUT2D eigenvalue weighted by molar-refractivity contribution is 5.94. The molecule has 118 valence electrons. The largest absolute Gasteiger partial charge is 0.471 e. The van der Waals surface area contributed by atoms with E-state index in [1.165, 1.54) is 12.1 Å². The Kier molecular flexibility index (Phi) is 5.39. The van der Waals surface area contributed by atoms with E-state index in [-0.39, 0.29) is 17.1 Å². The van der Waals surface area contributed by atoms with Crippen LogP contribution in [0.15, 0.2) is 24.3 Å². The number of amides is 1. The number of benzene rings is 1. The zero-order chi connectivity index (χ0) is 16.3. The van der Waals surface area contributed by atoms with Crippen molar-refractivity contribution in [3.8, 4) is 0 Å². The summed E-state index contributed by atoms with van der Waals surface area (Å²) >= 11 is 0. The third-order valence-corrected chi connectivity index (χ3v) is 3.35. The summed E-state index contributed by atoms with van der Waals surface area (Å²) in [7, 11) is 0. The van der Waals surface area contributed by atoms with Gasteiger partial charge in [-0.25, -0.2) is 0 Å². The first-order valence-corrected chi connectivity index (χ1v) is 6.70. The van der Waals surface area contributed by atoms with Crippen LogP contribution in [0.5, 0.6) is 0 Å². The molecule has 1 aromatic carbocycles. The van der Waals surface area contributed by atoms with Crippen molar-refractivity contribution in [1.82, 2.24) is 5.32 Å². The van der Waals surface area contributed by atoms with Gasteiger partial charge in [-0.15, -0.1) is 0 Å². The maximum absolute atomic E-state index is 12.2. The van der Waals surface area contributed by atoms with E-state index in [4.69, 9.17) is 0 Å². The van der Waals surface area contributed by atoms with Crippen LogP contribution in [0, 0.1) is 5.41 Å². The van der Waals surface area contributed by atoms with Crippen molar-refractivity contribution in [3.63, 3.8) is 0 Å². The number of carbonyl (C=O) groups is 1. The van der Waals surface area contributed by atoms with Gasteiger partial charge >= 0.3 is 12.1 Å². The van der Waals surface area contributed by atoms with Crippen LogP contribution in [0.1, 0.15) is 33.3 Å². The molecule has 0 saturated carbocycles. The minimum absolute atomic E-state index is 0.0854. The number of hydrogen-bond acceptors (Lipinski definition) is 2. The average Bonchev–Trinajstić information content (AvgIpc) is 2.34. The fourth-order valence-electron chi connectivity index (χ4n) is 1.54. The molecule has 0 heterocycles. The molecule has 1 amide bonds. The third kappa shape index (κ3) is 5.75. The van der Waals surface area contributed by atoms with Crippen molar-refractivity contribution >= 4 is 11.6 Å².